The molecule has 0 aromatic rings. The summed E-state index contributed by atoms with van der Waals surface area (Å²) < 4.78 is 0. The lowest BCUT2D eigenvalue weighted by atomic mass is 9.86. The average Bonchev–Trinajstić information content (AvgIpc) is 2.23. The highest BCUT2D eigenvalue weighted by molar-refractivity contribution is 5.70. The molecule has 0 rings (SSSR count). The molecule has 6 heteroatoms. The Morgan fingerprint density at radius 3 is 2.17 bits per heavy atom. The van der Waals surface area contributed by atoms with Crippen LogP contribution in [0.25, 0.3) is 10.4 Å². The molecule has 6 nitrogen and oxygen atoms in total. The van der Waals surface area contributed by atoms with Gasteiger partial charge in [0.25, 0.3) is 0 Å². The van der Waals surface area contributed by atoms with Crippen LogP contribution in [0.1, 0.15) is 40.5 Å². The van der Waals surface area contributed by atoms with Gasteiger partial charge < -0.3 is 10.2 Å². The molecule has 0 saturated carbocycles. The van der Waals surface area contributed by atoms with Gasteiger partial charge in [-0.3, -0.25) is 4.79 Å². The molecule has 0 aliphatic rings. The highest BCUT2D eigenvalue weighted by atomic mass is 16.4. The first-order valence-corrected chi connectivity index (χ1v) is 6.24. The maximum atomic E-state index is 11.1. The van der Waals surface area contributed by atoms with Crippen molar-refractivity contribution in [3.05, 3.63) is 10.4 Å². The van der Waals surface area contributed by atoms with Crippen molar-refractivity contribution in [3.8, 4) is 0 Å². The smallest absolute Gasteiger partial charge is 0.306 e. The Labute approximate surface area is 108 Å². The Kier molecular flexibility index (Phi) is 7.39. The number of carbonyl (C=O) groups is 1. The molecular formula is C12H23N3O3. The van der Waals surface area contributed by atoms with Crippen molar-refractivity contribution in [2.45, 2.75) is 52.7 Å². The Hall–Kier alpha value is -1.26. The summed E-state index contributed by atoms with van der Waals surface area (Å²) in [5.74, 6) is -1.34. The fourth-order valence-electron chi connectivity index (χ4n) is 1.91. The molecule has 0 bridgehead atoms. The maximum Gasteiger partial charge on any atom is 0.306 e. The normalized spacial score (nSPS) is 16.2. The standard InChI is InChI=1S/C12H23N3O3/c1-7(2)5-10(14-15-13)11(16)6-9(8(3)4)12(17)18/h7-11,16H,5-6H2,1-4H3,(H,17,18)/t9-,10-,11-/m0/s1. The topological polar surface area (TPSA) is 106 Å². The fraction of sp³-hybridized carbons (Fsp3) is 0.917. The van der Waals surface area contributed by atoms with Crippen LogP contribution in [-0.2, 0) is 4.79 Å². The quantitative estimate of drug-likeness (QED) is 0.396. The number of rotatable bonds is 8. The van der Waals surface area contributed by atoms with Crippen LogP contribution in [0.5, 0.6) is 0 Å². The third-order valence-electron chi connectivity index (χ3n) is 2.97. The van der Waals surface area contributed by atoms with E-state index >= 15 is 0 Å². The second-order valence-corrected chi connectivity index (χ2v) is 5.39. The summed E-state index contributed by atoms with van der Waals surface area (Å²) in [5, 5.41) is 22.7. The lowest BCUT2D eigenvalue weighted by molar-refractivity contribution is -0.144. The van der Waals surface area contributed by atoms with E-state index in [0.29, 0.717) is 6.42 Å². The van der Waals surface area contributed by atoms with Crippen molar-refractivity contribution in [2.24, 2.45) is 22.9 Å². The molecule has 0 aliphatic carbocycles. The number of azide groups is 1. The molecular weight excluding hydrogens is 234 g/mol. The number of aliphatic carboxylic acids is 1. The number of hydrogen-bond acceptors (Lipinski definition) is 3. The van der Waals surface area contributed by atoms with Crippen molar-refractivity contribution < 1.29 is 15.0 Å². The van der Waals surface area contributed by atoms with Gasteiger partial charge in [-0.15, -0.1) is 0 Å². The van der Waals surface area contributed by atoms with Gasteiger partial charge in [-0.1, -0.05) is 32.8 Å². The Morgan fingerprint density at radius 2 is 1.83 bits per heavy atom. The molecule has 18 heavy (non-hydrogen) atoms. The van der Waals surface area contributed by atoms with Gasteiger partial charge in [0.2, 0.25) is 0 Å². The van der Waals surface area contributed by atoms with Crippen molar-refractivity contribution in [1.82, 2.24) is 0 Å². The number of aliphatic hydroxyl groups excluding tert-OH is 1. The zero-order valence-electron chi connectivity index (χ0n) is 11.4. The second kappa shape index (κ2) is 7.95. The third kappa shape index (κ3) is 5.89. The van der Waals surface area contributed by atoms with Gasteiger partial charge in [0.1, 0.15) is 0 Å². The van der Waals surface area contributed by atoms with E-state index in [2.05, 4.69) is 10.0 Å². The average molecular weight is 257 g/mol. The highest BCUT2D eigenvalue weighted by Gasteiger charge is 2.28. The lowest BCUT2D eigenvalue weighted by Crippen LogP contribution is -2.32. The summed E-state index contributed by atoms with van der Waals surface area (Å²) >= 11 is 0. The van der Waals surface area contributed by atoms with Crippen LogP contribution in [-0.4, -0.2) is 28.3 Å². The largest absolute Gasteiger partial charge is 0.481 e. The fourth-order valence-corrected chi connectivity index (χ4v) is 1.91. The number of nitrogens with zero attached hydrogens (tertiary/aromatic N) is 3. The zero-order chi connectivity index (χ0) is 14.3. The highest BCUT2D eigenvalue weighted by Crippen LogP contribution is 2.22. The van der Waals surface area contributed by atoms with Crippen LogP contribution in [0.2, 0.25) is 0 Å². The van der Waals surface area contributed by atoms with Gasteiger partial charge in [-0.05, 0) is 30.2 Å². The van der Waals surface area contributed by atoms with Crippen LogP contribution in [0.3, 0.4) is 0 Å². The summed E-state index contributed by atoms with van der Waals surface area (Å²) in [5.41, 5.74) is 8.48. The molecule has 2 N–H and O–H groups in total. The molecule has 0 saturated heterocycles. The second-order valence-electron chi connectivity index (χ2n) is 5.39. The first-order valence-electron chi connectivity index (χ1n) is 6.24. The molecule has 0 amide bonds. The van der Waals surface area contributed by atoms with Crippen molar-refractivity contribution >= 4 is 5.97 Å². The molecule has 0 aliphatic heterocycles. The predicted octanol–water partition coefficient (Wildman–Crippen LogP) is 2.82. The number of carboxylic acids is 1. The van der Waals surface area contributed by atoms with E-state index in [1.54, 1.807) is 13.8 Å². The molecule has 0 heterocycles. The zero-order valence-corrected chi connectivity index (χ0v) is 11.4. The number of aliphatic hydroxyl groups is 1. The van der Waals surface area contributed by atoms with Crippen molar-refractivity contribution in [3.63, 3.8) is 0 Å². The molecule has 0 fully saturated rings. The van der Waals surface area contributed by atoms with E-state index in [0.717, 1.165) is 0 Å². The SMILES string of the molecule is CC(C)C[C@H](N=[N+]=[N-])[C@@H](O)C[C@H](C(=O)O)C(C)C. The molecule has 0 aromatic carbocycles. The third-order valence-corrected chi connectivity index (χ3v) is 2.97. The van der Waals surface area contributed by atoms with Gasteiger partial charge in [-0.25, -0.2) is 0 Å². The maximum absolute atomic E-state index is 11.1. The van der Waals surface area contributed by atoms with E-state index < -0.39 is 24.0 Å². The van der Waals surface area contributed by atoms with E-state index in [4.69, 9.17) is 10.6 Å². The van der Waals surface area contributed by atoms with Gasteiger partial charge in [0, 0.05) is 4.91 Å². The van der Waals surface area contributed by atoms with E-state index in [1.807, 2.05) is 13.8 Å². The van der Waals surface area contributed by atoms with Crippen molar-refractivity contribution in [1.29, 1.82) is 0 Å². The Morgan fingerprint density at radius 1 is 1.28 bits per heavy atom. The summed E-state index contributed by atoms with van der Waals surface area (Å²) in [6.45, 7) is 7.53. The molecule has 0 radical (unpaired) electrons. The van der Waals surface area contributed by atoms with E-state index in [9.17, 15) is 9.90 Å². The lowest BCUT2D eigenvalue weighted by Gasteiger charge is -2.24. The van der Waals surface area contributed by atoms with Crippen LogP contribution in [0, 0.1) is 17.8 Å². The summed E-state index contributed by atoms with van der Waals surface area (Å²) in [4.78, 5) is 13.8. The minimum absolute atomic E-state index is 0.0667. The monoisotopic (exact) mass is 257 g/mol. The summed E-state index contributed by atoms with van der Waals surface area (Å²) in [7, 11) is 0. The minimum atomic E-state index is -0.923. The summed E-state index contributed by atoms with van der Waals surface area (Å²) in [6, 6.07) is -0.560. The first-order chi connectivity index (χ1) is 8.29. The van der Waals surface area contributed by atoms with Gasteiger partial charge >= 0.3 is 5.97 Å². The molecule has 0 spiro atoms. The first kappa shape index (κ1) is 16.7. The summed E-state index contributed by atoms with van der Waals surface area (Å²) in [6.07, 6.45) is -0.245. The van der Waals surface area contributed by atoms with E-state index in [-0.39, 0.29) is 18.3 Å². The van der Waals surface area contributed by atoms with Crippen LogP contribution >= 0.6 is 0 Å². The molecule has 104 valence electrons. The van der Waals surface area contributed by atoms with Crippen molar-refractivity contribution in [2.75, 3.05) is 0 Å². The van der Waals surface area contributed by atoms with Crippen LogP contribution in [0.4, 0.5) is 0 Å². The van der Waals surface area contributed by atoms with Crippen LogP contribution < -0.4 is 0 Å². The van der Waals surface area contributed by atoms with Crippen LogP contribution in [0.15, 0.2) is 5.11 Å². The molecule has 0 unspecified atom stereocenters. The van der Waals surface area contributed by atoms with Gasteiger partial charge in [0.05, 0.1) is 18.1 Å². The number of carboxylic acid groups (broad SMARTS) is 1. The molecule has 3 atom stereocenters. The van der Waals surface area contributed by atoms with Gasteiger partial charge in [0.15, 0.2) is 0 Å². The predicted molar refractivity (Wildman–Crippen MR) is 69.0 cm³/mol. The number of hydrogen-bond donors (Lipinski definition) is 2. The molecule has 0 aromatic heterocycles. The Bertz CT molecular complexity index is 312. The minimum Gasteiger partial charge on any atom is -0.481 e. The van der Waals surface area contributed by atoms with E-state index in [1.165, 1.54) is 0 Å². The Balaban J connectivity index is 4.71. The van der Waals surface area contributed by atoms with Gasteiger partial charge in [-0.2, -0.15) is 0 Å².